The number of rotatable bonds is 4. The van der Waals surface area contributed by atoms with Crippen LogP contribution in [-0.4, -0.2) is 31.9 Å². The van der Waals surface area contributed by atoms with Gasteiger partial charge in [0.05, 0.1) is 10.3 Å². The van der Waals surface area contributed by atoms with E-state index in [1.807, 2.05) is 13.0 Å². The molecule has 0 spiro atoms. The van der Waals surface area contributed by atoms with Crippen molar-refractivity contribution in [3.8, 4) is 0 Å². The lowest BCUT2D eigenvalue weighted by Crippen LogP contribution is -2.43. The third-order valence-corrected chi connectivity index (χ3v) is 5.40. The number of hydrogen-bond acceptors (Lipinski definition) is 4. The lowest BCUT2D eigenvalue weighted by Gasteiger charge is -2.23. The molecule has 5 nitrogen and oxygen atoms in total. The quantitative estimate of drug-likeness (QED) is 0.811. The molecule has 0 bridgehead atoms. The number of carbonyl (C=O) groups is 1. The van der Waals surface area contributed by atoms with Gasteiger partial charge in [-0.1, -0.05) is 12.1 Å². The summed E-state index contributed by atoms with van der Waals surface area (Å²) in [4.78, 5) is 12.0. The van der Waals surface area contributed by atoms with E-state index in [-0.39, 0.29) is 12.5 Å². The van der Waals surface area contributed by atoms with Crippen LogP contribution in [0.4, 0.5) is 5.69 Å². The minimum atomic E-state index is -3.24. The second kappa shape index (κ2) is 5.21. The van der Waals surface area contributed by atoms with Gasteiger partial charge in [-0.25, -0.2) is 8.42 Å². The highest BCUT2D eigenvalue weighted by Gasteiger charge is 2.30. The molecule has 1 rings (SSSR count). The van der Waals surface area contributed by atoms with E-state index in [1.54, 1.807) is 26.0 Å². The van der Waals surface area contributed by atoms with Gasteiger partial charge in [0.1, 0.15) is 0 Å². The monoisotopic (exact) mass is 284 g/mol. The summed E-state index contributed by atoms with van der Waals surface area (Å²) in [7, 11) is -3.24. The van der Waals surface area contributed by atoms with Crippen LogP contribution in [0.2, 0.25) is 0 Å². The molecule has 1 aromatic rings. The summed E-state index contributed by atoms with van der Waals surface area (Å²) in [5.41, 5.74) is 7.42. The van der Waals surface area contributed by atoms with E-state index < -0.39 is 14.6 Å². The third-order valence-electron chi connectivity index (χ3n) is 3.25. The first-order valence-electron chi connectivity index (χ1n) is 5.89. The summed E-state index contributed by atoms with van der Waals surface area (Å²) in [6.07, 6.45) is 1.15. The molecule has 0 radical (unpaired) electrons. The molecular weight excluding hydrogens is 264 g/mol. The number of sulfone groups is 1. The number of nitrogens with one attached hydrogen (secondary N) is 1. The van der Waals surface area contributed by atoms with Gasteiger partial charge in [0.15, 0.2) is 9.84 Å². The van der Waals surface area contributed by atoms with Gasteiger partial charge in [-0.15, -0.1) is 0 Å². The Kier molecular flexibility index (Phi) is 4.25. The SMILES string of the molecule is Cc1cccc(C(=O)NCC(C)(C)S(C)(=O)=O)c1N. The summed E-state index contributed by atoms with van der Waals surface area (Å²) in [6, 6.07) is 5.17. The molecule has 0 saturated heterocycles. The van der Waals surface area contributed by atoms with E-state index in [0.29, 0.717) is 11.3 Å². The second-order valence-electron chi connectivity index (χ2n) is 5.25. The van der Waals surface area contributed by atoms with Crippen molar-refractivity contribution >= 4 is 21.4 Å². The molecule has 19 heavy (non-hydrogen) atoms. The van der Waals surface area contributed by atoms with Gasteiger partial charge in [-0.05, 0) is 32.4 Å². The highest BCUT2D eigenvalue weighted by atomic mass is 32.2. The Bertz CT molecular complexity index is 592. The molecular formula is C13H20N2O3S. The van der Waals surface area contributed by atoms with E-state index in [2.05, 4.69) is 5.32 Å². The second-order valence-corrected chi connectivity index (χ2v) is 7.90. The standard InChI is InChI=1S/C13H20N2O3S/c1-9-6-5-7-10(11(9)14)12(16)15-8-13(2,3)19(4,17)18/h5-7H,8,14H2,1-4H3,(H,15,16). The maximum atomic E-state index is 12.0. The van der Waals surface area contributed by atoms with Gasteiger partial charge in [0, 0.05) is 18.5 Å². The van der Waals surface area contributed by atoms with Crippen LogP contribution in [0.25, 0.3) is 0 Å². The van der Waals surface area contributed by atoms with Crippen molar-refractivity contribution in [3.05, 3.63) is 29.3 Å². The predicted molar refractivity (Wildman–Crippen MR) is 76.8 cm³/mol. The van der Waals surface area contributed by atoms with E-state index in [4.69, 9.17) is 5.73 Å². The molecule has 3 N–H and O–H groups in total. The van der Waals surface area contributed by atoms with Crippen molar-refractivity contribution < 1.29 is 13.2 Å². The largest absolute Gasteiger partial charge is 0.398 e. The van der Waals surface area contributed by atoms with Crippen LogP contribution in [0.1, 0.15) is 29.8 Å². The Morgan fingerprint density at radius 3 is 2.47 bits per heavy atom. The van der Waals surface area contributed by atoms with Crippen molar-refractivity contribution in [3.63, 3.8) is 0 Å². The molecule has 0 heterocycles. The molecule has 0 aliphatic rings. The first kappa shape index (κ1) is 15.5. The zero-order valence-corrected chi connectivity index (χ0v) is 12.5. The molecule has 106 valence electrons. The van der Waals surface area contributed by atoms with Crippen molar-refractivity contribution in [1.29, 1.82) is 0 Å². The molecule has 0 atom stereocenters. The van der Waals surface area contributed by atoms with E-state index in [9.17, 15) is 13.2 Å². The van der Waals surface area contributed by atoms with Crippen molar-refractivity contribution in [2.75, 3.05) is 18.5 Å². The fourth-order valence-electron chi connectivity index (χ4n) is 1.40. The number of aryl methyl sites for hydroxylation is 1. The number of hydrogen-bond donors (Lipinski definition) is 2. The highest BCUT2D eigenvalue weighted by molar-refractivity contribution is 7.92. The maximum absolute atomic E-state index is 12.0. The molecule has 6 heteroatoms. The first-order valence-corrected chi connectivity index (χ1v) is 7.78. The summed E-state index contributed by atoms with van der Waals surface area (Å²) in [5.74, 6) is -0.363. The van der Waals surface area contributed by atoms with Crippen LogP contribution in [0.15, 0.2) is 18.2 Å². The van der Waals surface area contributed by atoms with Crippen LogP contribution >= 0.6 is 0 Å². The van der Waals surface area contributed by atoms with Crippen LogP contribution < -0.4 is 11.1 Å². The lowest BCUT2D eigenvalue weighted by atomic mass is 10.1. The van der Waals surface area contributed by atoms with E-state index in [0.717, 1.165) is 11.8 Å². The summed E-state index contributed by atoms with van der Waals surface area (Å²) in [5, 5.41) is 2.62. The first-order chi connectivity index (χ1) is 8.56. The number of nitrogen functional groups attached to an aromatic ring is 1. The van der Waals surface area contributed by atoms with Crippen LogP contribution in [0.5, 0.6) is 0 Å². The normalized spacial score (nSPS) is 12.2. The number of para-hydroxylation sites is 1. The van der Waals surface area contributed by atoms with Gasteiger partial charge >= 0.3 is 0 Å². The predicted octanol–water partition coefficient (Wildman–Crippen LogP) is 1.13. The summed E-state index contributed by atoms with van der Waals surface area (Å²) in [6.45, 7) is 5.00. The van der Waals surface area contributed by atoms with Crippen molar-refractivity contribution in [2.24, 2.45) is 0 Å². The van der Waals surface area contributed by atoms with E-state index in [1.165, 1.54) is 0 Å². The summed E-state index contributed by atoms with van der Waals surface area (Å²) < 4.78 is 22.1. The van der Waals surface area contributed by atoms with Gasteiger partial charge in [-0.3, -0.25) is 4.79 Å². The minimum absolute atomic E-state index is 0.0397. The topological polar surface area (TPSA) is 89.3 Å². The van der Waals surface area contributed by atoms with Crippen LogP contribution in [0.3, 0.4) is 0 Å². The fraction of sp³-hybridized carbons (Fsp3) is 0.462. The molecule has 1 amide bonds. The fourth-order valence-corrected chi connectivity index (χ4v) is 1.73. The van der Waals surface area contributed by atoms with Gasteiger partial charge in [0.2, 0.25) is 0 Å². The molecule has 1 aromatic carbocycles. The number of benzene rings is 1. The van der Waals surface area contributed by atoms with Gasteiger partial charge in [-0.2, -0.15) is 0 Å². The Morgan fingerprint density at radius 2 is 1.95 bits per heavy atom. The molecule has 0 aliphatic carbocycles. The smallest absolute Gasteiger partial charge is 0.253 e. The highest BCUT2D eigenvalue weighted by Crippen LogP contribution is 2.17. The molecule has 0 aromatic heterocycles. The van der Waals surface area contributed by atoms with Crippen molar-refractivity contribution in [1.82, 2.24) is 5.32 Å². The third kappa shape index (κ3) is 3.47. The minimum Gasteiger partial charge on any atom is -0.398 e. The van der Waals surface area contributed by atoms with Crippen molar-refractivity contribution in [2.45, 2.75) is 25.5 Å². The lowest BCUT2D eigenvalue weighted by molar-refractivity contribution is 0.0951. The Balaban J connectivity index is 2.85. The summed E-state index contributed by atoms with van der Waals surface area (Å²) >= 11 is 0. The zero-order valence-electron chi connectivity index (χ0n) is 11.6. The molecule has 0 fully saturated rings. The molecule has 0 saturated carbocycles. The van der Waals surface area contributed by atoms with Crippen LogP contribution in [-0.2, 0) is 9.84 Å². The zero-order chi connectivity index (χ0) is 14.8. The number of amides is 1. The average Bonchev–Trinajstić information content (AvgIpc) is 2.28. The Hall–Kier alpha value is -1.56. The Morgan fingerprint density at radius 1 is 1.37 bits per heavy atom. The average molecular weight is 284 g/mol. The molecule has 0 unspecified atom stereocenters. The van der Waals surface area contributed by atoms with Gasteiger partial charge < -0.3 is 11.1 Å². The molecule has 0 aliphatic heterocycles. The number of nitrogens with two attached hydrogens (primary N) is 1. The van der Waals surface area contributed by atoms with Gasteiger partial charge in [0.25, 0.3) is 5.91 Å². The Labute approximate surface area is 114 Å². The van der Waals surface area contributed by atoms with Crippen LogP contribution in [0, 0.1) is 6.92 Å². The number of anilines is 1. The number of carbonyl (C=O) groups excluding carboxylic acids is 1. The van der Waals surface area contributed by atoms with E-state index >= 15 is 0 Å². The maximum Gasteiger partial charge on any atom is 0.253 e.